The fourth-order valence-electron chi connectivity index (χ4n) is 13.8. The lowest BCUT2D eigenvalue weighted by molar-refractivity contribution is -0.199. The van der Waals surface area contributed by atoms with Gasteiger partial charge in [-0.05, 0) is 267 Å². The molecule has 9 aromatic heterocycles. The monoisotopic (exact) mass is 2040 g/mol. The number of ether oxygens (including phenoxy) is 3. The topological polar surface area (TPSA) is 221 Å². The number of benzene rings is 3. The predicted molar refractivity (Wildman–Crippen MR) is 579 cm³/mol. The second kappa shape index (κ2) is 65.2. The number of nitrogens with zero attached hydrogens (tertiary/aromatic N) is 10. The first-order valence-electron chi connectivity index (χ1n) is 48.5. The molecule has 3 aromatic carbocycles. The zero-order chi connectivity index (χ0) is 109. The van der Waals surface area contributed by atoms with Crippen LogP contribution in [0.1, 0.15) is 386 Å². The predicted octanol–water partition coefficient (Wildman–Crippen LogP) is 33.8. The van der Waals surface area contributed by atoms with Gasteiger partial charge in [-0.2, -0.15) is 13.2 Å². The molecule has 9 heterocycles. The Bertz CT molecular complexity index is 5610. The van der Waals surface area contributed by atoms with E-state index in [2.05, 4.69) is 231 Å². The molecule has 1 fully saturated rings. The van der Waals surface area contributed by atoms with Crippen LogP contribution in [-0.4, -0.2) is 104 Å². The summed E-state index contributed by atoms with van der Waals surface area (Å²) in [5, 5.41) is 2.55. The Hall–Kier alpha value is -10.3. The van der Waals surface area contributed by atoms with E-state index in [-0.39, 0.29) is 29.5 Å². The standard InChI is InChI=1S/C11H15NO2.C10H14O2S.C9H10ClF.C9H10F2.2C9H13NO.3C9H13N.C8H12N2S.C8H13NO.C8H13NS.C7H11F3/c1-7(2)10-8(3)5-9(6-12-10)11(13)14-4;1-8(2)9-6-4-5-7-10(9)13(3,11)12;1-6(2)8-4-3-7(11)5-9(8)10;1-6(2)7-4-3-5-8(10)9(7)11;1-7(2)8-4-5-10-9(6-8)11-3;1-7(2)8-4-5-9(11-3)10-6-8;1-7(2)9-4-5-10-8(3)6-9;1-7(2)9-6-10-5-4-8(9)3;1-7(2)9-8(3)5-4-6-10-9;1-6(2)7-4-5-9-8(10-7)11-3;1-5(2)8-6(3)10-7(4)9-8;1-5(2)8-6(3)9-7(4)10-8;1-5(2)6(3-4-6)7(8,9)10/h5-7H,1-4H3;4-8H,1-3H3;2*3-6H,1-2H3;2*4-7H,1-3H3;3*4-7H,1-3H3;4-6H,1-3H3;2*5H,1-4H3;5H,3-4H2,1-2H3. The van der Waals surface area contributed by atoms with Gasteiger partial charge in [-0.3, -0.25) is 19.9 Å². The van der Waals surface area contributed by atoms with E-state index in [1.165, 1.54) is 86.2 Å². The number of pyridine rings is 6. The number of rotatable bonds is 18. The van der Waals surface area contributed by atoms with Crippen molar-refractivity contribution in [3.05, 3.63) is 316 Å². The molecule has 0 N–H and O–H groups in total. The third-order valence-electron chi connectivity index (χ3n) is 22.2. The summed E-state index contributed by atoms with van der Waals surface area (Å²) >= 11 is 9.17. The number of carbonyl (C=O) groups is 1. The molecule has 1 aliphatic carbocycles. The van der Waals surface area contributed by atoms with E-state index in [0.717, 1.165) is 62.3 Å². The molecule has 142 heavy (non-hydrogen) atoms. The van der Waals surface area contributed by atoms with Gasteiger partial charge in [-0.15, -0.1) is 11.3 Å². The second-order valence-corrected chi connectivity index (χ2v) is 42.9. The van der Waals surface area contributed by atoms with Crippen molar-refractivity contribution in [1.29, 1.82) is 0 Å². The highest BCUT2D eigenvalue weighted by molar-refractivity contribution is 7.98. The van der Waals surface area contributed by atoms with Crippen molar-refractivity contribution in [3.63, 3.8) is 0 Å². The SMILES string of the molecule is CC(C)C1(C(F)(F)F)CC1.CC(C)c1ccc(F)cc1Cl.CC(C)c1cccc(F)c1F.CC(C)c1ccccc1S(C)(=O)=O.COC(=O)c1cnc(C(C)C)c(C)c1.COc1cc(C(C)C)ccn1.COc1ccc(C(C)C)cn1.CSc1nccc(C(C)C)n1.Cc1cc(C(C)C)ccn1.Cc1cccnc1C(C)C.Cc1ccncc1C(C)C.Cc1nc(C(C)C)c(C)o1.Cc1nc(C)c(C(C)C)s1. The first-order chi connectivity index (χ1) is 66.2. The maximum atomic E-state index is 12.9. The molecule has 0 aliphatic heterocycles. The number of alkyl halides is 3. The molecule has 0 amide bonds. The van der Waals surface area contributed by atoms with Crippen molar-refractivity contribution in [1.82, 2.24) is 49.8 Å². The van der Waals surface area contributed by atoms with E-state index in [9.17, 15) is 39.6 Å². The summed E-state index contributed by atoms with van der Waals surface area (Å²) in [6.07, 6.45) is 14.4. The number of halogens is 7. The van der Waals surface area contributed by atoms with Crippen LogP contribution >= 0.6 is 34.7 Å². The van der Waals surface area contributed by atoms with Crippen LogP contribution in [-0.2, 0) is 14.6 Å². The highest BCUT2D eigenvalue weighted by atomic mass is 35.5. The number of thiazole rings is 1. The first kappa shape index (κ1) is 130. The van der Waals surface area contributed by atoms with Crippen LogP contribution in [0.3, 0.4) is 0 Å². The van der Waals surface area contributed by atoms with Gasteiger partial charge in [0.25, 0.3) is 0 Å². The Morgan fingerprint density at radius 1 is 0.465 bits per heavy atom. The summed E-state index contributed by atoms with van der Waals surface area (Å²) < 4.78 is 117. The number of carbonyl (C=O) groups excluding carboxylic acids is 1. The van der Waals surface area contributed by atoms with Crippen molar-refractivity contribution < 1.29 is 58.2 Å². The maximum absolute atomic E-state index is 12.9. The van der Waals surface area contributed by atoms with Crippen LogP contribution in [0.4, 0.5) is 26.3 Å². The van der Waals surface area contributed by atoms with Gasteiger partial charge in [0.2, 0.25) is 11.8 Å². The number of hydrogen-bond donors (Lipinski definition) is 0. The van der Waals surface area contributed by atoms with Crippen molar-refractivity contribution in [2.24, 2.45) is 11.3 Å². The van der Waals surface area contributed by atoms with Crippen molar-refractivity contribution in [3.8, 4) is 11.8 Å². The second-order valence-electron chi connectivity index (χ2n) is 38.5. The molecule has 0 unspecified atom stereocenters. The molecule has 13 rings (SSSR count). The lowest BCUT2D eigenvalue weighted by Crippen LogP contribution is -2.29. The number of aromatic nitrogens is 10. The molecule has 0 spiro atoms. The molecule has 1 saturated carbocycles. The minimum Gasteiger partial charge on any atom is -0.481 e. The Kier molecular flexibility index (Phi) is 59.5. The molecule has 1 aliphatic rings. The Labute approximate surface area is 861 Å². The lowest BCUT2D eigenvalue weighted by atomic mass is 9.92. The van der Waals surface area contributed by atoms with Crippen molar-refractivity contribution in [2.45, 2.75) is 335 Å². The summed E-state index contributed by atoms with van der Waals surface area (Å²) in [6.45, 7) is 69.9. The van der Waals surface area contributed by atoms with Crippen LogP contribution in [0.2, 0.25) is 5.02 Å². The summed E-state index contributed by atoms with van der Waals surface area (Å²) in [6, 6.07) is 37.9. The molecule has 12 aromatic rings. The minimum atomic E-state index is -3.97. The first-order valence-corrected chi connectivity index (χ1v) is 52.8. The molecule has 0 bridgehead atoms. The maximum Gasteiger partial charge on any atom is 0.394 e. The average Bonchev–Trinajstić information content (AvgIpc) is 1.59. The van der Waals surface area contributed by atoms with Crippen molar-refractivity contribution in [2.75, 3.05) is 33.8 Å². The fourth-order valence-corrected chi connectivity index (χ4v) is 16.5. The summed E-state index contributed by atoms with van der Waals surface area (Å²) in [7, 11) is 1.54. The minimum absolute atomic E-state index is 0.0331. The Morgan fingerprint density at radius 3 is 1.37 bits per heavy atom. The number of thioether (sulfide) groups is 1. The van der Waals surface area contributed by atoms with Gasteiger partial charge in [0, 0.05) is 108 Å². The van der Waals surface area contributed by atoms with Gasteiger partial charge in [0.1, 0.15) is 11.6 Å². The summed E-state index contributed by atoms with van der Waals surface area (Å²) in [5.74, 6) is 6.13. The van der Waals surface area contributed by atoms with E-state index < -0.39 is 33.1 Å². The van der Waals surface area contributed by atoms with Crippen LogP contribution in [0, 0.1) is 84.2 Å². The molecular weight excluding hydrogens is 1880 g/mol. The van der Waals surface area contributed by atoms with E-state index in [0.29, 0.717) is 105 Å². The molecule has 0 atom stereocenters. The number of methoxy groups -OCH3 is 3. The molecule has 782 valence electrons. The number of oxazole rings is 1. The summed E-state index contributed by atoms with van der Waals surface area (Å²) in [4.78, 5) is 54.9. The Balaban J connectivity index is 0.000000770. The lowest BCUT2D eigenvalue weighted by Gasteiger charge is -2.22. The molecule has 27 heteroatoms. The van der Waals surface area contributed by atoms with Gasteiger partial charge in [0.15, 0.2) is 32.5 Å². The van der Waals surface area contributed by atoms with Crippen LogP contribution in [0.25, 0.3) is 0 Å². The third kappa shape index (κ3) is 47.5. The molecular formula is C115H163ClF6N10O7S3. The number of sulfone groups is 1. The van der Waals surface area contributed by atoms with Crippen molar-refractivity contribution >= 4 is 50.5 Å². The third-order valence-corrected chi connectivity index (χ3v) is 25.6. The largest absolute Gasteiger partial charge is 0.481 e. The van der Waals surface area contributed by atoms with E-state index in [4.69, 9.17) is 25.5 Å². The van der Waals surface area contributed by atoms with E-state index >= 15 is 0 Å². The van der Waals surface area contributed by atoms with E-state index in [1.807, 2.05) is 179 Å². The quantitative estimate of drug-likeness (QED) is 0.0337. The Morgan fingerprint density at radius 2 is 1.01 bits per heavy atom. The molecule has 0 saturated heterocycles. The van der Waals surface area contributed by atoms with Crippen LogP contribution in [0.5, 0.6) is 11.8 Å². The number of esters is 1. The smallest absolute Gasteiger partial charge is 0.394 e. The molecule has 17 nitrogen and oxygen atoms in total. The normalized spacial score (nSPS) is 11.5. The van der Waals surface area contributed by atoms with Gasteiger partial charge < -0.3 is 18.6 Å². The highest BCUT2D eigenvalue weighted by Gasteiger charge is 2.64. The van der Waals surface area contributed by atoms with Crippen LogP contribution in [0.15, 0.2) is 191 Å². The van der Waals surface area contributed by atoms with E-state index in [1.54, 1.807) is 76.5 Å². The zero-order valence-electron chi connectivity index (χ0n) is 91.9. The molecule has 0 radical (unpaired) electrons. The number of aryl methyl sites for hydroxylation is 8. The average molecular weight is 2040 g/mol. The zero-order valence-corrected chi connectivity index (χ0v) is 95.1. The van der Waals surface area contributed by atoms with Gasteiger partial charge in [0.05, 0.1) is 53.6 Å². The summed E-state index contributed by atoms with van der Waals surface area (Å²) in [5.41, 5.74) is 17.1. The fraction of sp³-hybridized carbons (Fsp3) is 0.487. The highest BCUT2D eigenvalue weighted by Crippen LogP contribution is 2.62. The van der Waals surface area contributed by atoms with Gasteiger partial charge in [-0.1, -0.05) is 252 Å². The van der Waals surface area contributed by atoms with Crippen LogP contribution < -0.4 is 9.47 Å². The van der Waals surface area contributed by atoms with Gasteiger partial charge in [-0.25, -0.2) is 56.3 Å². The number of hydrogen-bond acceptors (Lipinski definition) is 19. The van der Waals surface area contributed by atoms with Gasteiger partial charge >= 0.3 is 12.1 Å².